The van der Waals surface area contributed by atoms with Crippen LogP contribution in [0.25, 0.3) is 0 Å². The monoisotopic (exact) mass is 510 g/mol. The van der Waals surface area contributed by atoms with Crippen molar-refractivity contribution in [2.75, 3.05) is 23.8 Å². The molecule has 0 unspecified atom stereocenters. The van der Waals surface area contributed by atoms with E-state index in [0.29, 0.717) is 10.3 Å². The largest absolute Gasteiger partial charge is 0.453 e. The van der Waals surface area contributed by atoms with Crippen molar-refractivity contribution in [3.8, 4) is 0 Å². The van der Waals surface area contributed by atoms with Crippen molar-refractivity contribution >= 4 is 29.5 Å². The van der Waals surface area contributed by atoms with Gasteiger partial charge in [-0.2, -0.15) is 13.8 Å². The first kappa shape index (κ1) is 26.7. The summed E-state index contributed by atoms with van der Waals surface area (Å²) in [6.07, 6.45) is -6.98. The normalized spacial score (nSPS) is 20.4. The number of anilines is 2. The molecule has 2 heterocycles. The fourth-order valence-electron chi connectivity index (χ4n) is 3.35. The first-order valence-electron chi connectivity index (χ1n) is 10.9. The molecule has 36 heavy (non-hydrogen) atoms. The maximum atomic E-state index is 15.2. The van der Waals surface area contributed by atoms with Gasteiger partial charge in [0.2, 0.25) is 12.1 Å². The van der Waals surface area contributed by atoms with E-state index in [2.05, 4.69) is 20.4 Å². The molecule has 0 aliphatic carbocycles. The predicted octanol–water partition coefficient (Wildman–Crippen LogP) is 1.67. The summed E-state index contributed by atoms with van der Waals surface area (Å²) in [5, 5.41) is 14.2. The van der Waals surface area contributed by atoms with E-state index in [0.717, 1.165) is 12.3 Å². The molecule has 0 bridgehead atoms. The van der Waals surface area contributed by atoms with E-state index >= 15 is 8.78 Å². The summed E-state index contributed by atoms with van der Waals surface area (Å²) in [5.41, 5.74) is -0.701. The third-order valence-electron chi connectivity index (χ3n) is 4.99. The molecule has 2 aromatic rings. The number of para-hydroxylation sites is 1. The number of aliphatic hydroxyl groups is 1. The maximum absolute atomic E-state index is 15.2. The molecule has 0 radical (unpaired) electrons. The van der Waals surface area contributed by atoms with E-state index in [4.69, 9.17) is 9.47 Å². The molecule has 1 aliphatic rings. The minimum Gasteiger partial charge on any atom is -0.453 e. The van der Waals surface area contributed by atoms with Gasteiger partial charge in [-0.1, -0.05) is 18.2 Å². The van der Waals surface area contributed by atoms with Crippen molar-refractivity contribution in [2.45, 2.75) is 44.1 Å². The predicted molar refractivity (Wildman–Crippen MR) is 119 cm³/mol. The van der Waals surface area contributed by atoms with Gasteiger partial charge in [-0.25, -0.2) is 9.59 Å². The third kappa shape index (κ3) is 6.40. The summed E-state index contributed by atoms with van der Waals surface area (Å²) in [6, 6.07) is 9.48. The van der Waals surface area contributed by atoms with E-state index in [1.807, 2.05) is 0 Å². The van der Waals surface area contributed by atoms with E-state index < -0.39 is 61.0 Å². The van der Waals surface area contributed by atoms with Crippen LogP contribution in [0.1, 0.15) is 26.0 Å². The summed E-state index contributed by atoms with van der Waals surface area (Å²) < 4.78 is 45.4. The second-order valence-electron chi connectivity index (χ2n) is 7.56. The number of amides is 2. The van der Waals surface area contributed by atoms with Gasteiger partial charge in [-0.15, -0.1) is 0 Å². The van der Waals surface area contributed by atoms with Crippen molar-refractivity contribution in [1.29, 1.82) is 0 Å². The summed E-state index contributed by atoms with van der Waals surface area (Å²) in [7, 11) is 0. The lowest BCUT2D eigenvalue weighted by Crippen LogP contribution is -2.44. The highest BCUT2D eigenvalue weighted by Crippen LogP contribution is 2.44. The summed E-state index contributed by atoms with van der Waals surface area (Å²) >= 11 is 0. The highest BCUT2D eigenvalue weighted by atomic mass is 19.3. The average Bonchev–Trinajstić information content (AvgIpc) is 3.08. The molecular weight excluding hydrogens is 486 g/mol. The van der Waals surface area contributed by atoms with Gasteiger partial charge in [-0.3, -0.25) is 19.5 Å². The Morgan fingerprint density at radius 3 is 2.53 bits per heavy atom. The van der Waals surface area contributed by atoms with Gasteiger partial charge in [0.15, 0.2) is 6.10 Å². The molecule has 194 valence electrons. The molecule has 1 fully saturated rings. The van der Waals surface area contributed by atoms with Crippen LogP contribution in [0.3, 0.4) is 0 Å². The lowest BCUT2D eigenvalue weighted by molar-refractivity contribution is -0.176. The Bertz CT molecular complexity index is 1140. The molecule has 14 heteroatoms. The Morgan fingerprint density at radius 1 is 1.17 bits per heavy atom. The molecule has 1 aromatic carbocycles. The molecule has 3 N–H and O–H groups in total. The number of esters is 1. The molecule has 3 rings (SSSR count). The third-order valence-corrected chi connectivity index (χ3v) is 4.99. The Balaban J connectivity index is 1.65. The van der Waals surface area contributed by atoms with Crippen molar-refractivity contribution in [3.63, 3.8) is 0 Å². The zero-order valence-corrected chi connectivity index (χ0v) is 19.1. The minimum atomic E-state index is -3.95. The fraction of sp³-hybridized carbons (Fsp3) is 0.409. The Hall–Kier alpha value is -3.91. The van der Waals surface area contributed by atoms with Crippen LogP contribution in [0.5, 0.6) is 0 Å². The summed E-state index contributed by atoms with van der Waals surface area (Å²) in [6.45, 7) is 0.680. The summed E-state index contributed by atoms with van der Waals surface area (Å²) in [4.78, 5) is 51.5. The quantitative estimate of drug-likeness (QED) is 0.427. The van der Waals surface area contributed by atoms with Crippen LogP contribution in [0.2, 0.25) is 0 Å². The number of aromatic nitrogens is 2. The van der Waals surface area contributed by atoms with E-state index in [-0.39, 0.29) is 18.8 Å². The molecule has 0 spiro atoms. The highest BCUT2D eigenvalue weighted by molar-refractivity contribution is 5.92. The number of benzene rings is 1. The van der Waals surface area contributed by atoms with Crippen LogP contribution in [-0.4, -0.2) is 64.0 Å². The van der Waals surface area contributed by atoms with E-state index in [1.54, 1.807) is 37.3 Å². The number of aliphatic hydroxyl groups excluding tert-OH is 1. The van der Waals surface area contributed by atoms with Gasteiger partial charge in [0.1, 0.15) is 11.9 Å². The number of hydrogen-bond acceptors (Lipinski definition) is 9. The van der Waals surface area contributed by atoms with Gasteiger partial charge in [0.05, 0.1) is 19.6 Å². The number of ether oxygens (including phenoxy) is 3. The van der Waals surface area contributed by atoms with Gasteiger partial charge < -0.3 is 24.6 Å². The van der Waals surface area contributed by atoms with Gasteiger partial charge in [0.25, 0.3) is 0 Å². The number of carbonyl (C=O) groups excluding carboxylic acids is 3. The number of nitrogens with one attached hydrogen (secondary N) is 2. The first-order chi connectivity index (χ1) is 17.1. The Labute approximate surface area is 203 Å². The molecule has 1 aliphatic heterocycles. The van der Waals surface area contributed by atoms with Crippen LogP contribution in [-0.2, 0) is 23.8 Å². The van der Waals surface area contributed by atoms with E-state index in [1.165, 1.54) is 0 Å². The van der Waals surface area contributed by atoms with Gasteiger partial charge in [-0.05, 0) is 25.1 Å². The molecular formula is C22H24F2N4O8. The average molecular weight is 510 g/mol. The number of hydrogen-bond donors (Lipinski definition) is 3. The van der Waals surface area contributed by atoms with Crippen molar-refractivity contribution in [1.82, 2.24) is 9.55 Å². The minimum absolute atomic E-state index is 0.0609. The number of rotatable bonds is 9. The lowest BCUT2D eigenvalue weighted by Gasteiger charge is -2.24. The van der Waals surface area contributed by atoms with Crippen LogP contribution in [0.4, 0.5) is 25.1 Å². The number of nitrogens with zero attached hydrogens (tertiary/aromatic N) is 2. The highest BCUT2D eigenvalue weighted by Gasteiger charge is 2.62. The number of alkyl halides is 2. The van der Waals surface area contributed by atoms with Crippen LogP contribution < -0.4 is 16.3 Å². The summed E-state index contributed by atoms with van der Waals surface area (Å²) in [5.74, 6) is -5.84. The topological polar surface area (TPSA) is 158 Å². The van der Waals surface area contributed by atoms with Crippen molar-refractivity contribution < 1.29 is 42.5 Å². The van der Waals surface area contributed by atoms with Gasteiger partial charge in [0, 0.05) is 18.3 Å². The number of halogens is 2. The second kappa shape index (κ2) is 11.7. The molecule has 1 saturated heterocycles. The molecule has 3 atom stereocenters. The zero-order valence-electron chi connectivity index (χ0n) is 19.1. The molecule has 1 aromatic heterocycles. The molecule has 2 amide bonds. The van der Waals surface area contributed by atoms with Gasteiger partial charge >= 0.3 is 23.7 Å². The Kier molecular flexibility index (Phi) is 8.66. The van der Waals surface area contributed by atoms with E-state index in [9.17, 15) is 24.3 Å². The van der Waals surface area contributed by atoms with Crippen LogP contribution >= 0.6 is 0 Å². The van der Waals surface area contributed by atoms with Crippen LogP contribution in [0.15, 0.2) is 47.4 Å². The SMILES string of the molecule is CCOC(=O)Nc1ccn([C@@H]2O[C@H](CO)[C@@H](OC(=O)CCC(=O)Nc3ccccc3)C2(F)F)c(=O)n1. The molecule has 12 nitrogen and oxygen atoms in total. The molecule has 0 saturated carbocycles. The van der Waals surface area contributed by atoms with Crippen molar-refractivity contribution in [2.24, 2.45) is 0 Å². The lowest BCUT2D eigenvalue weighted by atomic mass is 10.1. The standard InChI is InChI=1S/C22H24F2N4O8/c1-2-34-21(33)27-15-10-11-28(20(32)26-15)19-22(23,24)18(14(12-29)35-19)36-17(31)9-8-16(30)25-13-6-4-3-5-7-13/h3-7,10-11,14,18-19,29H,2,8-9,12H2,1H3,(H,25,30)(H,26,27,32,33)/t14-,18-,19-/m1/s1. The fourth-order valence-corrected chi connectivity index (χ4v) is 3.35. The van der Waals surface area contributed by atoms with Crippen molar-refractivity contribution in [3.05, 3.63) is 53.1 Å². The van der Waals surface area contributed by atoms with Crippen LogP contribution in [0, 0.1) is 0 Å². The zero-order chi connectivity index (χ0) is 26.3. The first-order valence-corrected chi connectivity index (χ1v) is 10.9. The Morgan fingerprint density at radius 2 is 1.89 bits per heavy atom. The number of carbonyl (C=O) groups is 3. The smallest absolute Gasteiger partial charge is 0.412 e. The maximum Gasteiger partial charge on any atom is 0.412 e. The second-order valence-corrected chi connectivity index (χ2v) is 7.56.